The Bertz CT molecular complexity index is 701. The maximum Gasteiger partial charge on any atom is 0.255 e. The average molecular weight is 324 g/mol. The maximum atomic E-state index is 12.6. The molecule has 3 rings (SSSR count). The average Bonchev–Trinajstić information content (AvgIpc) is 3.04. The monoisotopic (exact) mass is 324 g/mol. The summed E-state index contributed by atoms with van der Waals surface area (Å²) in [5.74, 6) is 0.847. The van der Waals surface area contributed by atoms with Crippen LogP contribution in [0.25, 0.3) is 0 Å². The first kappa shape index (κ1) is 16.5. The number of likely N-dealkylation sites (tertiary alicyclic amines) is 1. The molecule has 1 amide bonds. The zero-order chi connectivity index (χ0) is 17.2. The van der Waals surface area contributed by atoms with Crippen LogP contribution in [0.2, 0.25) is 0 Å². The Kier molecular flexibility index (Phi) is 4.53. The highest BCUT2D eigenvalue weighted by molar-refractivity contribution is 5.94. The van der Waals surface area contributed by atoms with Crippen molar-refractivity contribution in [3.8, 4) is 0 Å². The number of carbonyl (C=O) groups excluding carboxylic acids is 1. The zero-order valence-corrected chi connectivity index (χ0v) is 14.3. The van der Waals surface area contributed by atoms with Gasteiger partial charge < -0.3 is 15.5 Å². The number of amides is 1. The summed E-state index contributed by atoms with van der Waals surface area (Å²) in [6.07, 6.45) is 2.62. The van der Waals surface area contributed by atoms with Gasteiger partial charge in [-0.2, -0.15) is 0 Å². The van der Waals surface area contributed by atoms with Crippen molar-refractivity contribution in [1.82, 2.24) is 9.88 Å². The fourth-order valence-electron chi connectivity index (χ4n) is 3.04. The molecule has 1 aromatic heterocycles. The molecule has 0 aliphatic carbocycles. The second kappa shape index (κ2) is 6.61. The molecule has 24 heavy (non-hydrogen) atoms. The van der Waals surface area contributed by atoms with Gasteiger partial charge >= 0.3 is 0 Å². The van der Waals surface area contributed by atoms with Gasteiger partial charge in [-0.25, -0.2) is 4.98 Å². The minimum Gasteiger partial charge on any atom is -0.338 e. The quantitative estimate of drug-likeness (QED) is 0.939. The van der Waals surface area contributed by atoms with Crippen LogP contribution in [0.5, 0.6) is 0 Å². The third kappa shape index (κ3) is 3.26. The van der Waals surface area contributed by atoms with E-state index >= 15 is 0 Å². The van der Waals surface area contributed by atoms with Crippen LogP contribution in [0.3, 0.4) is 0 Å². The van der Waals surface area contributed by atoms with Crippen molar-refractivity contribution in [2.45, 2.75) is 13.3 Å². The van der Waals surface area contributed by atoms with Crippen molar-refractivity contribution >= 4 is 17.4 Å². The zero-order valence-electron chi connectivity index (χ0n) is 14.3. The number of hydrogen-bond acceptors (Lipinski definition) is 4. The number of anilines is 2. The maximum absolute atomic E-state index is 12.6. The van der Waals surface area contributed by atoms with Gasteiger partial charge in [-0.05, 0) is 42.6 Å². The Morgan fingerprint density at radius 3 is 2.62 bits per heavy atom. The summed E-state index contributed by atoms with van der Waals surface area (Å²) in [4.78, 5) is 21.0. The summed E-state index contributed by atoms with van der Waals surface area (Å²) in [5.41, 5.74) is 7.54. The molecule has 2 heterocycles. The number of benzene rings is 1. The third-order valence-corrected chi connectivity index (χ3v) is 4.82. The molecule has 0 saturated carbocycles. The molecule has 1 aromatic carbocycles. The smallest absolute Gasteiger partial charge is 0.255 e. The lowest BCUT2D eigenvalue weighted by atomic mass is 9.90. The van der Waals surface area contributed by atoms with Crippen molar-refractivity contribution in [2.24, 2.45) is 11.1 Å². The van der Waals surface area contributed by atoms with Crippen LogP contribution in [0, 0.1) is 5.41 Å². The number of aromatic nitrogens is 1. The van der Waals surface area contributed by atoms with Crippen LogP contribution < -0.4 is 10.6 Å². The number of nitrogens with zero attached hydrogens (tertiary/aromatic N) is 3. The summed E-state index contributed by atoms with van der Waals surface area (Å²) >= 11 is 0. The predicted molar refractivity (Wildman–Crippen MR) is 96.4 cm³/mol. The second-order valence-electron chi connectivity index (χ2n) is 6.79. The number of pyridine rings is 1. The minimum atomic E-state index is 0.0357. The molecular weight excluding hydrogens is 300 g/mol. The largest absolute Gasteiger partial charge is 0.338 e. The van der Waals surface area contributed by atoms with Crippen LogP contribution in [-0.4, -0.2) is 42.5 Å². The molecule has 0 radical (unpaired) electrons. The van der Waals surface area contributed by atoms with Crippen LogP contribution in [0.1, 0.15) is 23.7 Å². The molecule has 1 atom stereocenters. The standard InChI is InChI=1S/C19H24N4O/c1-19(13-20)10-11-23(14-19)18(24)15-8-9-17(21-12-15)22(2)16-6-4-3-5-7-16/h3-9,12H,10-11,13-14,20H2,1-2H3. The predicted octanol–water partition coefficient (Wildman–Crippen LogP) is 2.66. The number of hydrogen-bond donors (Lipinski definition) is 1. The number of para-hydroxylation sites is 1. The fraction of sp³-hybridized carbons (Fsp3) is 0.368. The molecular formula is C19H24N4O. The van der Waals surface area contributed by atoms with Gasteiger partial charge in [0, 0.05) is 32.0 Å². The molecule has 1 aliphatic rings. The van der Waals surface area contributed by atoms with E-state index in [1.807, 2.05) is 59.3 Å². The van der Waals surface area contributed by atoms with Crippen molar-refractivity contribution in [3.05, 3.63) is 54.2 Å². The van der Waals surface area contributed by atoms with Crippen LogP contribution >= 0.6 is 0 Å². The Labute approximate surface area is 143 Å². The van der Waals surface area contributed by atoms with Crippen LogP contribution in [0.15, 0.2) is 48.7 Å². The summed E-state index contributed by atoms with van der Waals surface area (Å²) < 4.78 is 0. The van der Waals surface area contributed by atoms with E-state index in [4.69, 9.17) is 5.73 Å². The molecule has 1 unspecified atom stereocenters. The number of rotatable bonds is 4. The Morgan fingerprint density at radius 2 is 2.04 bits per heavy atom. The van der Waals surface area contributed by atoms with Crippen molar-refractivity contribution < 1.29 is 4.79 Å². The van der Waals surface area contributed by atoms with Gasteiger partial charge in [0.2, 0.25) is 0 Å². The van der Waals surface area contributed by atoms with Crippen molar-refractivity contribution in [3.63, 3.8) is 0 Å². The molecule has 1 fully saturated rings. The summed E-state index contributed by atoms with van der Waals surface area (Å²) in [6.45, 7) is 4.22. The molecule has 0 bridgehead atoms. The first-order valence-electron chi connectivity index (χ1n) is 8.27. The Hall–Kier alpha value is -2.40. The normalized spacial score (nSPS) is 20.2. The Morgan fingerprint density at radius 1 is 1.29 bits per heavy atom. The van der Waals surface area contributed by atoms with E-state index in [0.29, 0.717) is 18.7 Å². The van der Waals surface area contributed by atoms with E-state index in [2.05, 4.69) is 11.9 Å². The molecule has 5 heteroatoms. The molecule has 1 aliphatic heterocycles. The lowest BCUT2D eigenvalue weighted by Gasteiger charge is -2.23. The van der Waals surface area contributed by atoms with Gasteiger partial charge in [-0.1, -0.05) is 25.1 Å². The first-order valence-corrected chi connectivity index (χ1v) is 8.27. The fourth-order valence-corrected chi connectivity index (χ4v) is 3.04. The molecule has 0 spiro atoms. The summed E-state index contributed by atoms with van der Waals surface area (Å²) in [7, 11) is 1.96. The van der Waals surface area contributed by atoms with Gasteiger partial charge in [-0.3, -0.25) is 4.79 Å². The SMILES string of the molecule is CN(c1ccccc1)c1ccc(C(=O)N2CCC(C)(CN)C2)cn1. The van der Waals surface area contributed by atoms with Crippen molar-refractivity contribution in [2.75, 3.05) is 31.6 Å². The molecule has 1 saturated heterocycles. The third-order valence-electron chi connectivity index (χ3n) is 4.82. The van der Waals surface area contributed by atoms with Gasteiger partial charge in [0.1, 0.15) is 5.82 Å². The number of nitrogens with two attached hydrogens (primary N) is 1. The highest BCUT2D eigenvalue weighted by Crippen LogP contribution is 2.29. The van der Waals surface area contributed by atoms with Crippen LogP contribution in [-0.2, 0) is 0 Å². The summed E-state index contributed by atoms with van der Waals surface area (Å²) in [6, 6.07) is 13.8. The van der Waals surface area contributed by atoms with Crippen LogP contribution in [0.4, 0.5) is 11.5 Å². The lowest BCUT2D eigenvalue weighted by Crippen LogP contribution is -2.34. The topological polar surface area (TPSA) is 62.5 Å². The lowest BCUT2D eigenvalue weighted by molar-refractivity contribution is 0.0776. The molecule has 5 nitrogen and oxygen atoms in total. The van der Waals surface area contributed by atoms with Gasteiger partial charge in [0.05, 0.1) is 5.56 Å². The highest BCUT2D eigenvalue weighted by Gasteiger charge is 2.35. The summed E-state index contributed by atoms with van der Waals surface area (Å²) in [5, 5.41) is 0. The number of carbonyl (C=O) groups is 1. The minimum absolute atomic E-state index is 0.0357. The highest BCUT2D eigenvalue weighted by atomic mass is 16.2. The van der Waals surface area contributed by atoms with E-state index in [-0.39, 0.29) is 11.3 Å². The molecule has 2 aromatic rings. The van der Waals surface area contributed by atoms with E-state index in [1.54, 1.807) is 6.20 Å². The van der Waals surface area contributed by atoms with E-state index in [9.17, 15) is 4.79 Å². The van der Waals surface area contributed by atoms with Gasteiger partial charge in [-0.15, -0.1) is 0 Å². The van der Waals surface area contributed by atoms with Gasteiger partial charge in [0.25, 0.3) is 5.91 Å². The Balaban J connectivity index is 1.72. The van der Waals surface area contributed by atoms with E-state index in [0.717, 1.165) is 24.5 Å². The first-order chi connectivity index (χ1) is 11.5. The molecule has 2 N–H and O–H groups in total. The second-order valence-corrected chi connectivity index (χ2v) is 6.79. The van der Waals surface area contributed by atoms with Crippen molar-refractivity contribution in [1.29, 1.82) is 0 Å². The van der Waals surface area contributed by atoms with E-state index < -0.39 is 0 Å². The van der Waals surface area contributed by atoms with E-state index in [1.165, 1.54) is 0 Å². The van der Waals surface area contributed by atoms with Gasteiger partial charge in [0.15, 0.2) is 0 Å². The molecule has 126 valence electrons.